The van der Waals surface area contributed by atoms with Gasteiger partial charge >= 0.3 is 6.09 Å². The minimum absolute atomic E-state index is 0.198. The monoisotopic (exact) mass is 380 g/mol. The van der Waals surface area contributed by atoms with E-state index in [1.165, 1.54) is 11.1 Å². The normalized spacial score (nSPS) is 19.6. The quantitative estimate of drug-likeness (QED) is 0.802. The molecule has 0 bridgehead atoms. The van der Waals surface area contributed by atoms with Crippen molar-refractivity contribution < 1.29 is 9.53 Å². The standard InChI is InChI=1S/C24H32N2O2/c1-24(2,3)28-23(27)26-17-21(14-19-10-6-4-7-11-19)22(18-26)16-25-15-20-12-8-5-9-13-20/h4-13,21-22,25H,14-18H2,1-3H3/t21-,22-/m1/s1. The minimum atomic E-state index is -0.463. The molecule has 0 saturated carbocycles. The van der Waals surface area contributed by atoms with E-state index >= 15 is 0 Å². The van der Waals surface area contributed by atoms with Crippen molar-refractivity contribution in [3.8, 4) is 0 Å². The molecule has 0 spiro atoms. The third kappa shape index (κ3) is 6.10. The minimum Gasteiger partial charge on any atom is -0.444 e. The van der Waals surface area contributed by atoms with Crippen molar-refractivity contribution in [3.05, 3.63) is 71.8 Å². The molecule has 4 nitrogen and oxygen atoms in total. The van der Waals surface area contributed by atoms with Gasteiger partial charge in [0.25, 0.3) is 0 Å². The molecule has 150 valence electrons. The van der Waals surface area contributed by atoms with Crippen LogP contribution in [0.25, 0.3) is 0 Å². The van der Waals surface area contributed by atoms with Gasteiger partial charge in [0.1, 0.15) is 5.60 Å². The second-order valence-electron chi connectivity index (χ2n) is 8.71. The first kappa shape index (κ1) is 20.4. The van der Waals surface area contributed by atoms with Crippen molar-refractivity contribution in [2.75, 3.05) is 19.6 Å². The number of nitrogens with zero attached hydrogens (tertiary/aromatic N) is 1. The first-order valence-electron chi connectivity index (χ1n) is 10.2. The predicted molar refractivity (Wildman–Crippen MR) is 113 cm³/mol. The SMILES string of the molecule is CC(C)(C)OC(=O)N1C[C@@H](CNCc2ccccc2)[C@H](Cc2ccccc2)C1. The number of likely N-dealkylation sites (tertiary alicyclic amines) is 1. The lowest BCUT2D eigenvalue weighted by atomic mass is 9.89. The van der Waals surface area contributed by atoms with Crippen molar-refractivity contribution in [2.45, 2.75) is 39.3 Å². The Kier molecular flexibility index (Phi) is 6.74. The van der Waals surface area contributed by atoms with Gasteiger partial charge in [-0.1, -0.05) is 60.7 Å². The molecular formula is C24H32N2O2. The van der Waals surface area contributed by atoms with Crippen LogP contribution in [-0.4, -0.2) is 36.2 Å². The van der Waals surface area contributed by atoms with Crippen LogP contribution in [0.2, 0.25) is 0 Å². The molecule has 1 aliphatic heterocycles. The Morgan fingerprint density at radius 2 is 1.54 bits per heavy atom. The van der Waals surface area contributed by atoms with E-state index in [1.54, 1.807) is 0 Å². The maximum absolute atomic E-state index is 12.6. The van der Waals surface area contributed by atoms with Gasteiger partial charge in [-0.2, -0.15) is 0 Å². The van der Waals surface area contributed by atoms with Crippen LogP contribution in [0, 0.1) is 11.8 Å². The van der Waals surface area contributed by atoms with E-state index in [2.05, 4.69) is 53.8 Å². The first-order chi connectivity index (χ1) is 13.4. The molecule has 2 atom stereocenters. The highest BCUT2D eigenvalue weighted by Crippen LogP contribution is 2.28. The lowest BCUT2D eigenvalue weighted by Crippen LogP contribution is -2.36. The van der Waals surface area contributed by atoms with E-state index in [-0.39, 0.29) is 6.09 Å². The molecule has 0 aliphatic carbocycles. The highest BCUT2D eigenvalue weighted by Gasteiger charge is 2.36. The number of nitrogens with one attached hydrogen (secondary N) is 1. The van der Waals surface area contributed by atoms with E-state index in [9.17, 15) is 4.79 Å². The molecule has 1 fully saturated rings. The van der Waals surface area contributed by atoms with Gasteiger partial charge in [0.15, 0.2) is 0 Å². The average Bonchev–Trinajstić information content (AvgIpc) is 3.05. The molecule has 1 amide bonds. The zero-order chi connectivity index (χ0) is 20.0. The smallest absolute Gasteiger partial charge is 0.410 e. The van der Waals surface area contributed by atoms with Crippen molar-refractivity contribution >= 4 is 6.09 Å². The van der Waals surface area contributed by atoms with Gasteiger partial charge in [-0.3, -0.25) is 0 Å². The summed E-state index contributed by atoms with van der Waals surface area (Å²) in [7, 11) is 0. The zero-order valence-corrected chi connectivity index (χ0v) is 17.2. The molecule has 0 aromatic heterocycles. The summed E-state index contributed by atoms with van der Waals surface area (Å²) in [6, 6.07) is 21.0. The molecule has 2 aromatic carbocycles. The van der Waals surface area contributed by atoms with Crippen molar-refractivity contribution in [3.63, 3.8) is 0 Å². The number of carbonyl (C=O) groups is 1. The largest absolute Gasteiger partial charge is 0.444 e. The number of benzene rings is 2. The summed E-state index contributed by atoms with van der Waals surface area (Å²) in [4.78, 5) is 14.5. The number of ether oxygens (including phenoxy) is 1. The van der Waals surface area contributed by atoms with E-state index < -0.39 is 5.60 Å². The Labute approximate surface area is 168 Å². The second-order valence-corrected chi connectivity index (χ2v) is 8.71. The van der Waals surface area contributed by atoms with Gasteiger partial charge in [-0.05, 0) is 50.2 Å². The molecule has 1 heterocycles. The molecule has 3 rings (SSSR count). The maximum atomic E-state index is 12.6. The lowest BCUT2D eigenvalue weighted by molar-refractivity contribution is 0.0284. The van der Waals surface area contributed by atoms with E-state index in [4.69, 9.17) is 4.74 Å². The second kappa shape index (κ2) is 9.24. The average molecular weight is 381 g/mol. The number of hydrogen-bond donors (Lipinski definition) is 1. The van der Waals surface area contributed by atoms with Gasteiger partial charge in [0.05, 0.1) is 0 Å². The van der Waals surface area contributed by atoms with Gasteiger partial charge in [0.2, 0.25) is 0 Å². The Hall–Kier alpha value is -2.33. The molecule has 0 radical (unpaired) electrons. The van der Waals surface area contributed by atoms with E-state index in [1.807, 2.05) is 37.8 Å². The predicted octanol–water partition coefficient (Wildman–Crippen LogP) is 4.50. The molecule has 4 heteroatoms. The van der Waals surface area contributed by atoms with Crippen LogP contribution >= 0.6 is 0 Å². The molecule has 1 saturated heterocycles. The van der Waals surface area contributed by atoms with Crippen molar-refractivity contribution in [2.24, 2.45) is 11.8 Å². The Bertz CT molecular complexity index is 740. The Morgan fingerprint density at radius 3 is 2.14 bits per heavy atom. The Balaban J connectivity index is 1.62. The number of amides is 1. The molecule has 2 aromatic rings. The Morgan fingerprint density at radius 1 is 0.964 bits per heavy atom. The van der Waals surface area contributed by atoms with Gasteiger partial charge in [-0.15, -0.1) is 0 Å². The van der Waals surface area contributed by atoms with Crippen LogP contribution in [0.1, 0.15) is 31.9 Å². The van der Waals surface area contributed by atoms with Crippen LogP contribution in [0.15, 0.2) is 60.7 Å². The fourth-order valence-corrected chi connectivity index (χ4v) is 3.79. The summed E-state index contributed by atoms with van der Waals surface area (Å²) in [5.74, 6) is 0.842. The first-order valence-corrected chi connectivity index (χ1v) is 10.2. The van der Waals surface area contributed by atoms with Gasteiger partial charge in [-0.25, -0.2) is 4.79 Å². The molecule has 28 heavy (non-hydrogen) atoms. The maximum Gasteiger partial charge on any atom is 0.410 e. The molecule has 1 N–H and O–H groups in total. The molecule has 0 unspecified atom stereocenters. The van der Waals surface area contributed by atoms with Crippen LogP contribution < -0.4 is 5.32 Å². The van der Waals surface area contributed by atoms with E-state index in [0.717, 1.165) is 32.6 Å². The molecule has 1 aliphatic rings. The third-order valence-corrected chi connectivity index (χ3v) is 5.15. The summed E-state index contributed by atoms with van der Waals surface area (Å²) in [5, 5.41) is 3.59. The number of rotatable bonds is 6. The fraction of sp³-hybridized carbons (Fsp3) is 0.458. The van der Waals surface area contributed by atoms with Gasteiger partial charge < -0.3 is 15.0 Å². The fourth-order valence-electron chi connectivity index (χ4n) is 3.79. The summed E-state index contributed by atoms with van der Waals surface area (Å²) >= 11 is 0. The van der Waals surface area contributed by atoms with Crippen molar-refractivity contribution in [1.82, 2.24) is 10.2 Å². The third-order valence-electron chi connectivity index (χ3n) is 5.15. The van der Waals surface area contributed by atoms with Crippen LogP contribution in [-0.2, 0) is 17.7 Å². The number of carbonyl (C=O) groups excluding carboxylic acids is 1. The topological polar surface area (TPSA) is 41.6 Å². The highest BCUT2D eigenvalue weighted by atomic mass is 16.6. The van der Waals surface area contributed by atoms with Crippen LogP contribution in [0.5, 0.6) is 0 Å². The zero-order valence-electron chi connectivity index (χ0n) is 17.2. The summed E-state index contributed by atoms with van der Waals surface area (Å²) in [6.45, 7) is 8.99. The van der Waals surface area contributed by atoms with Crippen molar-refractivity contribution in [1.29, 1.82) is 0 Å². The summed E-state index contributed by atoms with van der Waals surface area (Å²) in [6.07, 6.45) is 0.786. The summed E-state index contributed by atoms with van der Waals surface area (Å²) < 4.78 is 5.61. The number of hydrogen-bond acceptors (Lipinski definition) is 3. The molecular weight excluding hydrogens is 348 g/mol. The highest BCUT2D eigenvalue weighted by molar-refractivity contribution is 5.68. The van der Waals surface area contributed by atoms with Crippen LogP contribution in [0.4, 0.5) is 4.79 Å². The van der Waals surface area contributed by atoms with E-state index in [0.29, 0.717) is 11.8 Å². The van der Waals surface area contributed by atoms with Crippen LogP contribution in [0.3, 0.4) is 0 Å². The lowest BCUT2D eigenvalue weighted by Gasteiger charge is -2.24. The van der Waals surface area contributed by atoms with Gasteiger partial charge in [0, 0.05) is 26.2 Å². The summed E-state index contributed by atoms with van der Waals surface area (Å²) in [5.41, 5.74) is 2.14.